The Morgan fingerprint density at radius 2 is 2.00 bits per heavy atom. The average Bonchev–Trinajstić information content (AvgIpc) is 3.60. The van der Waals surface area contributed by atoms with Gasteiger partial charge in [-0.05, 0) is 67.1 Å². The van der Waals surface area contributed by atoms with Gasteiger partial charge in [0.25, 0.3) is 5.91 Å². The molecule has 4 aromatic rings. The monoisotopic (exact) mass is 570 g/mol. The number of benzene rings is 2. The number of halogens is 1. The Hall–Kier alpha value is -4.68. The Morgan fingerprint density at radius 1 is 1.17 bits per heavy atom. The second-order valence-electron chi connectivity index (χ2n) is 8.98. The molecule has 2 aromatic carbocycles. The third-order valence-electron chi connectivity index (χ3n) is 6.30. The standard InChI is InChI=1S/C30H25FN4O3S.C2H6/c1-19(34-30(36)28-13-20(16-32)18-39-28)29(21-5-3-8-25(14-21)37-2)38-26-11-12-27-22(15-26)17-33-35(27)24-7-4-6-23(31)9-10-24;1-2/h3-6,8-15,17-19,29H,7H2,1-2H3,(H,34,36);1-2H3. The van der Waals surface area contributed by atoms with Gasteiger partial charge < -0.3 is 14.8 Å². The van der Waals surface area contributed by atoms with Gasteiger partial charge in [0.05, 0.1) is 35.3 Å². The van der Waals surface area contributed by atoms with Crippen LogP contribution in [0.3, 0.4) is 0 Å². The number of hydrogen-bond acceptors (Lipinski definition) is 6. The van der Waals surface area contributed by atoms with Crippen LogP contribution < -0.4 is 14.8 Å². The van der Waals surface area contributed by atoms with E-state index in [1.165, 1.54) is 23.5 Å². The molecule has 0 spiro atoms. The van der Waals surface area contributed by atoms with E-state index in [0.29, 0.717) is 28.4 Å². The smallest absolute Gasteiger partial charge is 0.261 e. The SMILES string of the molecule is CC.COc1cccc(C(Oc2ccc3c(cnn3C3=CC=C(F)C=CC3)c2)C(C)NC(=O)c2cc(C#N)cs2)c1. The minimum absolute atomic E-state index is 0.279. The van der Waals surface area contributed by atoms with Crippen molar-refractivity contribution in [1.29, 1.82) is 5.26 Å². The summed E-state index contributed by atoms with van der Waals surface area (Å²) in [6, 6.07) is 16.4. The van der Waals surface area contributed by atoms with E-state index in [2.05, 4.69) is 16.5 Å². The lowest BCUT2D eigenvalue weighted by Gasteiger charge is -2.27. The number of carbonyl (C=O) groups excluding carboxylic acids is 1. The van der Waals surface area contributed by atoms with Crippen molar-refractivity contribution >= 4 is 33.8 Å². The Kier molecular flexibility index (Phi) is 9.72. The van der Waals surface area contributed by atoms with E-state index in [4.69, 9.17) is 14.7 Å². The largest absolute Gasteiger partial charge is 0.497 e. The number of fused-ring (bicyclic) bond motifs is 1. The van der Waals surface area contributed by atoms with Gasteiger partial charge in [-0.15, -0.1) is 11.3 Å². The number of rotatable bonds is 8. The van der Waals surface area contributed by atoms with Crippen LogP contribution in [0.25, 0.3) is 16.6 Å². The normalized spacial score (nSPS) is 14.0. The van der Waals surface area contributed by atoms with E-state index in [1.807, 2.05) is 63.2 Å². The van der Waals surface area contributed by atoms with Crippen LogP contribution in [-0.2, 0) is 0 Å². The van der Waals surface area contributed by atoms with Crippen LogP contribution in [0.15, 0.2) is 90.2 Å². The van der Waals surface area contributed by atoms with Gasteiger partial charge in [-0.1, -0.05) is 32.1 Å². The van der Waals surface area contributed by atoms with Crippen molar-refractivity contribution in [2.75, 3.05) is 7.11 Å². The minimum atomic E-state index is -0.547. The Bertz CT molecular complexity index is 1660. The van der Waals surface area contributed by atoms with Crippen molar-refractivity contribution in [2.24, 2.45) is 0 Å². The van der Waals surface area contributed by atoms with Gasteiger partial charge in [0.15, 0.2) is 0 Å². The molecule has 2 heterocycles. The first-order chi connectivity index (χ1) is 19.9. The predicted octanol–water partition coefficient (Wildman–Crippen LogP) is 7.60. The third-order valence-corrected chi connectivity index (χ3v) is 7.23. The molecule has 0 fully saturated rings. The molecule has 0 aliphatic heterocycles. The Labute approximate surface area is 242 Å². The zero-order valence-electron chi connectivity index (χ0n) is 23.3. The maximum atomic E-state index is 13.6. The molecule has 2 unspecified atom stereocenters. The Morgan fingerprint density at radius 3 is 2.76 bits per heavy atom. The van der Waals surface area contributed by atoms with E-state index >= 15 is 0 Å². The van der Waals surface area contributed by atoms with Crippen LogP contribution >= 0.6 is 11.3 Å². The summed E-state index contributed by atoms with van der Waals surface area (Å²) in [5, 5.41) is 19.1. The first-order valence-corrected chi connectivity index (χ1v) is 14.1. The number of carbonyl (C=O) groups is 1. The van der Waals surface area contributed by atoms with Crippen molar-refractivity contribution in [3.05, 3.63) is 106 Å². The van der Waals surface area contributed by atoms with Crippen LogP contribution in [0, 0.1) is 11.3 Å². The fourth-order valence-electron chi connectivity index (χ4n) is 4.35. The molecule has 9 heteroatoms. The zero-order valence-corrected chi connectivity index (χ0v) is 24.1. The fraction of sp³-hybridized carbons (Fsp3) is 0.219. The quantitative estimate of drug-likeness (QED) is 0.236. The lowest BCUT2D eigenvalue weighted by molar-refractivity contribution is 0.0886. The summed E-state index contributed by atoms with van der Waals surface area (Å²) in [4.78, 5) is 13.4. The number of allylic oxidation sites excluding steroid dienone is 6. The van der Waals surface area contributed by atoms with Crippen LogP contribution in [0.5, 0.6) is 11.5 Å². The van der Waals surface area contributed by atoms with Gasteiger partial charge in [0.2, 0.25) is 0 Å². The van der Waals surface area contributed by atoms with Crippen molar-refractivity contribution in [3.63, 3.8) is 0 Å². The highest BCUT2D eigenvalue weighted by atomic mass is 32.1. The molecule has 1 amide bonds. The van der Waals surface area contributed by atoms with Gasteiger partial charge >= 0.3 is 0 Å². The molecule has 1 N–H and O–H groups in total. The number of thiophene rings is 1. The summed E-state index contributed by atoms with van der Waals surface area (Å²) in [5.74, 6) is 0.689. The highest BCUT2D eigenvalue weighted by Crippen LogP contribution is 2.31. The molecular formula is C32H31FN4O3S. The summed E-state index contributed by atoms with van der Waals surface area (Å²) in [6.45, 7) is 5.87. The van der Waals surface area contributed by atoms with Crippen molar-refractivity contribution in [3.8, 4) is 17.6 Å². The zero-order chi connectivity index (χ0) is 29.4. The van der Waals surface area contributed by atoms with Gasteiger partial charge in [-0.3, -0.25) is 4.79 Å². The second kappa shape index (κ2) is 13.6. The molecule has 5 rings (SSSR count). The van der Waals surface area contributed by atoms with E-state index in [1.54, 1.807) is 41.6 Å². The summed E-state index contributed by atoms with van der Waals surface area (Å²) >= 11 is 1.22. The van der Waals surface area contributed by atoms with Crippen molar-refractivity contribution in [1.82, 2.24) is 15.1 Å². The lowest BCUT2D eigenvalue weighted by Crippen LogP contribution is -2.39. The maximum Gasteiger partial charge on any atom is 0.261 e. The highest BCUT2D eigenvalue weighted by molar-refractivity contribution is 7.12. The van der Waals surface area contributed by atoms with Gasteiger partial charge in [-0.25, -0.2) is 9.07 Å². The molecule has 41 heavy (non-hydrogen) atoms. The third kappa shape index (κ3) is 6.91. The fourth-order valence-corrected chi connectivity index (χ4v) is 5.09. The summed E-state index contributed by atoms with van der Waals surface area (Å²) in [7, 11) is 1.60. The summed E-state index contributed by atoms with van der Waals surface area (Å²) in [5.41, 5.74) is 2.99. The molecule has 0 saturated heterocycles. The van der Waals surface area contributed by atoms with E-state index in [0.717, 1.165) is 22.2 Å². The van der Waals surface area contributed by atoms with Crippen LogP contribution in [0.4, 0.5) is 4.39 Å². The number of nitrogens with one attached hydrogen (secondary N) is 1. The molecular weight excluding hydrogens is 539 g/mol. The molecule has 1 aliphatic rings. The number of methoxy groups -OCH3 is 1. The molecule has 2 atom stereocenters. The Balaban J connectivity index is 0.00000189. The number of nitriles is 1. The van der Waals surface area contributed by atoms with E-state index in [9.17, 15) is 9.18 Å². The summed E-state index contributed by atoms with van der Waals surface area (Å²) < 4.78 is 27.3. The summed E-state index contributed by atoms with van der Waals surface area (Å²) in [6.07, 6.45) is 8.11. The van der Waals surface area contributed by atoms with Gasteiger partial charge in [0.1, 0.15) is 29.5 Å². The molecule has 1 aliphatic carbocycles. The average molecular weight is 571 g/mol. The maximum absolute atomic E-state index is 13.6. The lowest BCUT2D eigenvalue weighted by atomic mass is 10.0. The number of amides is 1. The number of aromatic nitrogens is 2. The van der Waals surface area contributed by atoms with E-state index in [-0.39, 0.29) is 11.7 Å². The molecule has 2 aromatic heterocycles. The molecule has 0 bridgehead atoms. The molecule has 0 radical (unpaired) electrons. The molecule has 0 saturated carbocycles. The topological polar surface area (TPSA) is 89.2 Å². The van der Waals surface area contributed by atoms with Crippen LogP contribution in [0.1, 0.15) is 54.1 Å². The number of hydrogen-bond donors (Lipinski definition) is 1. The first-order valence-electron chi connectivity index (χ1n) is 13.3. The van der Waals surface area contributed by atoms with E-state index < -0.39 is 12.1 Å². The molecule has 7 nitrogen and oxygen atoms in total. The minimum Gasteiger partial charge on any atom is -0.497 e. The number of nitrogens with zero attached hydrogens (tertiary/aromatic N) is 3. The van der Waals surface area contributed by atoms with Gasteiger partial charge in [0, 0.05) is 22.9 Å². The predicted molar refractivity (Wildman–Crippen MR) is 161 cm³/mol. The van der Waals surface area contributed by atoms with Crippen molar-refractivity contribution in [2.45, 2.75) is 39.3 Å². The van der Waals surface area contributed by atoms with Crippen molar-refractivity contribution < 1.29 is 18.7 Å². The van der Waals surface area contributed by atoms with Gasteiger partial charge in [-0.2, -0.15) is 10.4 Å². The molecule has 210 valence electrons. The second-order valence-corrected chi connectivity index (χ2v) is 9.89. The highest BCUT2D eigenvalue weighted by Gasteiger charge is 2.25. The van der Waals surface area contributed by atoms with Crippen LogP contribution in [0.2, 0.25) is 0 Å². The first kappa shape index (κ1) is 29.3. The number of ether oxygens (including phenoxy) is 2. The van der Waals surface area contributed by atoms with Crippen LogP contribution in [-0.4, -0.2) is 28.8 Å².